The van der Waals surface area contributed by atoms with Gasteiger partial charge in [0, 0.05) is 45.1 Å². The highest BCUT2D eigenvalue weighted by molar-refractivity contribution is 5.93. The second kappa shape index (κ2) is 7.06. The van der Waals surface area contributed by atoms with Gasteiger partial charge in [0.05, 0.1) is 5.69 Å². The zero-order valence-electron chi connectivity index (χ0n) is 10.9. The monoisotopic (exact) mass is 264 g/mol. The maximum absolute atomic E-state index is 11.0. The molecule has 0 bridgehead atoms. The van der Waals surface area contributed by atoms with Gasteiger partial charge in [0.2, 0.25) is 0 Å². The number of aromatic nitrogens is 1. The summed E-state index contributed by atoms with van der Waals surface area (Å²) in [5.41, 5.74) is 0.868. The Hall–Kier alpha value is -1.66. The highest BCUT2D eigenvalue weighted by atomic mass is 16.4. The molecule has 0 radical (unpaired) electrons. The topological polar surface area (TPSA) is 77.5 Å². The van der Waals surface area contributed by atoms with Gasteiger partial charge in [-0.25, -0.2) is 4.79 Å². The Kier molecular flexibility index (Phi) is 5.11. The zero-order valence-corrected chi connectivity index (χ0v) is 10.9. The van der Waals surface area contributed by atoms with Gasteiger partial charge in [-0.1, -0.05) is 0 Å². The van der Waals surface area contributed by atoms with E-state index in [4.69, 9.17) is 5.11 Å². The number of hydrogen-bond donors (Lipinski definition) is 3. The Morgan fingerprint density at radius 1 is 1.47 bits per heavy atom. The third-order valence-corrected chi connectivity index (χ3v) is 3.23. The van der Waals surface area contributed by atoms with Gasteiger partial charge in [-0.2, -0.15) is 0 Å². The van der Waals surface area contributed by atoms with Crippen molar-refractivity contribution in [1.29, 1.82) is 0 Å². The van der Waals surface area contributed by atoms with Crippen LogP contribution in [0.3, 0.4) is 0 Å². The van der Waals surface area contributed by atoms with Gasteiger partial charge in [0.15, 0.2) is 0 Å². The molecule has 2 rings (SSSR count). The molecule has 1 aromatic heterocycles. The van der Waals surface area contributed by atoms with E-state index in [1.807, 2.05) is 0 Å². The van der Waals surface area contributed by atoms with Crippen molar-refractivity contribution in [3.8, 4) is 0 Å². The Morgan fingerprint density at radius 2 is 2.26 bits per heavy atom. The van der Waals surface area contributed by atoms with E-state index in [9.17, 15) is 4.79 Å². The predicted molar refractivity (Wildman–Crippen MR) is 73.6 cm³/mol. The summed E-state index contributed by atoms with van der Waals surface area (Å²) >= 11 is 0. The molecule has 1 aliphatic rings. The average Bonchev–Trinajstić information content (AvgIpc) is 2.45. The Morgan fingerprint density at radius 3 is 3.00 bits per heavy atom. The fourth-order valence-electron chi connectivity index (χ4n) is 2.18. The normalized spacial score (nSPS) is 16.2. The first kappa shape index (κ1) is 13.8. The number of rotatable bonds is 6. The third kappa shape index (κ3) is 4.18. The summed E-state index contributed by atoms with van der Waals surface area (Å²) in [7, 11) is 0. The number of aromatic carboxylic acids is 1. The molecular weight excluding hydrogens is 244 g/mol. The van der Waals surface area contributed by atoms with E-state index in [1.54, 1.807) is 12.3 Å². The SMILES string of the molecule is O=C(O)c1cnccc1NCCCN1CCNCC1. The van der Waals surface area contributed by atoms with Crippen LogP contribution in [-0.4, -0.2) is 60.2 Å². The van der Waals surface area contributed by atoms with Crippen molar-refractivity contribution in [2.75, 3.05) is 44.6 Å². The summed E-state index contributed by atoms with van der Waals surface area (Å²) in [5.74, 6) is -0.947. The number of piperazine rings is 1. The molecule has 0 saturated carbocycles. The molecule has 6 heteroatoms. The molecule has 1 fully saturated rings. The molecule has 3 N–H and O–H groups in total. The van der Waals surface area contributed by atoms with Crippen molar-refractivity contribution in [1.82, 2.24) is 15.2 Å². The van der Waals surface area contributed by atoms with Crippen LogP contribution in [0.5, 0.6) is 0 Å². The molecular formula is C13H20N4O2. The first-order valence-corrected chi connectivity index (χ1v) is 6.61. The van der Waals surface area contributed by atoms with Crippen molar-refractivity contribution in [2.45, 2.75) is 6.42 Å². The van der Waals surface area contributed by atoms with Crippen molar-refractivity contribution < 1.29 is 9.90 Å². The lowest BCUT2D eigenvalue weighted by Crippen LogP contribution is -2.44. The van der Waals surface area contributed by atoms with E-state index in [-0.39, 0.29) is 5.56 Å². The minimum Gasteiger partial charge on any atom is -0.478 e. The van der Waals surface area contributed by atoms with E-state index in [0.717, 1.165) is 45.7 Å². The largest absolute Gasteiger partial charge is 0.478 e. The molecule has 2 heterocycles. The van der Waals surface area contributed by atoms with Crippen LogP contribution in [0.25, 0.3) is 0 Å². The van der Waals surface area contributed by atoms with Crippen molar-refractivity contribution in [3.05, 3.63) is 24.0 Å². The number of nitrogens with zero attached hydrogens (tertiary/aromatic N) is 2. The minimum absolute atomic E-state index is 0.227. The maximum Gasteiger partial charge on any atom is 0.339 e. The van der Waals surface area contributed by atoms with E-state index in [0.29, 0.717) is 5.69 Å². The third-order valence-electron chi connectivity index (χ3n) is 3.23. The molecule has 0 unspecified atom stereocenters. The average molecular weight is 264 g/mol. The summed E-state index contributed by atoms with van der Waals surface area (Å²) in [4.78, 5) is 17.3. The second-order valence-corrected chi connectivity index (χ2v) is 4.60. The zero-order chi connectivity index (χ0) is 13.5. The van der Waals surface area contributed by atoms with Gasteiger partial charge in [-0.05, 0) is 19.0 Å². The lowest BCUT2D eigenvalue weighted by atomic mass is 10.2. The molecule has 0 atom stereocenters. The summed E-state index contributed by atoms with van der Waals surface area (Å²) < 4.78 is 0. The Balaban J connectivity index is 1.74. The van der Waals surface area contributed by atoms with E-state index < -0.39 is 5.97 Å². The van der Waals surface area contributed by atoms with Gasteiger partial charge in [0.25, 0.3) is 0 Å². The summed E-state index contributed by atoms with van der Waals surface area (Å²) in [5, 5.41) is 15.5. The van der Waals surface area contributed by atoms with Gasteiger partial charge >= 0.3 is 5.97 Å². The fraction of sp³-hybridized carbons (Fsp3) is 0.538. The highest BCUT2D eigenvalue weighted by Gasteiger charge is 2.10. The summed E-state index contributed by atoms with van der Waals surface area (Å²) in [6, 6.07) is 1.70. The molecule has 6 nitrogen and oxygen atoms in total. The Labute approximate surface area is 112 Å². The number of nitrogens with one attached hydrogen (secondary N) is 2. The lowest BCUT2D eigenvalue weighted by Gasteiger charge is -2.27. The minimum atomic E-state index is -0.947. The number of carboxylic acids is 1. The van der Waals surface area contributed by atoms with Crippen LogP contribution in [0.4, 0.5) is 5.69 Å². The molecule has 0 amide bonds. The standard InChI is InChI=1S/C13H20N4O2/c18-13(19)11-10-15-4-2-12(11)16-3-1-7-17-8-5-14-6-9-17/h2,4,10,14H,1,3,5-9H2,(H,15,16)(H,18,19). The molecule has 0 spiro atoms. The van der Waals surface area contributed by atoms with Gasteiger partial charge in [0.1, 0.15) is 5.56 Å². The van der Waals surface area contributed by atoms with Gasteiger partial charge in [-0.3, -0.25) is 4.98 Å². The van der Waals surface area contributed by atoms with Crippen LogP contribution in [0, 0.1) is 0 Å². The van der Waals surface area contributed by atoms with Crippen molar-refractivity contribution in [3.63, 3.8) is 0 Å². The molecule has 1 aromatic rings. The van der Waals surface area contributed by atoms with Crippen LogP contribution in [0.2, 0.25) is 0 Å². The highest BCUT2D eigenvalue weighted by Crippen LogP contribution is 2.13. The molecule has 1 aliphatic heterocycles. The number of carbonyl (C=O) groups is 1. The lowest BCUT2D eigenvalue weighted by molar-refractivity contribution is 0.0697. The first-order valence-electron chi connectivity index (χ1n) is 6.61. The van der Waals surface area contributed by atoms with E-state index >= 15 is 0 Å². The maximum atomic E-state index is 11.0. The number of carboxylic acid groups (broad SMARTS) is 1. The van der Waals surface area contributed by atoms with Crippen molar-refractivity contribution >= 4 is 11.7 Å². The smallest absolute Gasteiger partial charge is 0.339 e. The molecule has 104 valence electrons. The summed E-state index contributed by atoms with van der Waals surface area (Å²) in [6.45, 7) is 6.11. The van der Waals surface area contributed by atoms with E-state index in [2.05, 4.69) is 20.5 Å². The van der Waals surface area contributed by atoms with Crippen LogP contribution in [0.1, 0.15) is 16.8 Å². The van der Waals surface area contributed by atoms with Crippen LogP contribution >= 0.6 is 0 Å². The second-order valence-electron chi connectivity index (χ2n) is 4.60. The quantitative estimate of drug-likeness (QED) is 0.649. The Bertz CT molecular complexity index is 419. The van der Waals surface area contributed by atoms with Gasteiger partial charge in [-0.15, -0.1) is 0 Å². The first-order chi connectivity index (χ1) is 9.27. The van der Waals surface area contributed by atoms with E-state index in [1.165, 1.54) is 6.20 Å². The predicted octanol–water partition coefficient (Wildman–Crippen LogP) is 0.487. The number of anilines is 1. The molecule has 1 saturated heterocycles. The van der Waals surface area contributed by atoms with Crippen molar-refractivity contribution in [2.24, 2.45) is 0 Å². The molecule has 19 heavy (non-hydrogen) atoms. The molecule has 0 aliphatic carbocycles. The van der Waals surface area contributed by atoms with Crippen LogP contribution < -0.4 is 10.6 Å². The number of hydrogen-bond acceptors (Lipinski definition) is 5. The van der Waals surface area contributed by atoms with Crippen LogP contribution in [-0.2, 0) is 0 Å². The fourth-order valence-corrected chi connectivity index (χ4v) is 2.18. The molecule has 0 aromatic carbocycles. The van der Waals surface area contributed by atoms with Crippen LogP contribution in [0.15, 0.2) is 18.5 Å². The number of pyridine rings is 1. The van der Waals surface area contributed by atoms with Gasteiger partial charge < -0.3 is 20.6 Å². The summed E-state index contributed by atoms with van der Waals surface area (Å²) in [6.07, 6.45) is 3.98.